The van der Waals surface area contributed by atoms with E-state index >= 15 is 0 Å². The zero-order chi connectivity index (χ0) is 14.0. The van der Waals surface area contributed by atoms with Crippen molar-refractivity contribution in [3.05, 3.63) is 0 Å². The van der Waals surface area contributed by atoms with Gasteiger partial charge in [0.2, 0.25) is 0 Å². The zero-order valence-electron chi connectivity index (χ0n) is 13.5. The maximum Gasteiger partial charge on any atom is 0.0997 e. The molecule has 0 aromatic rings. The number of hydrogen-bond acceptors (Lipinski definition) is 1. The highest BCUT2D eigenvalue weighted by Crippen LogP contribution is 2.39. The first-order valence-electron chi connectivity index (χ1n) is 8.35. The Labute approximate surface area is 119 Å². The van der Waals surface area contributed by atoms with Crippen molar-refractivity contribution in [3.63, 3.8) is 0 Å². The van der Waals surface area contributed by atoms with Gasteiger partial charge in [-0.2, -0.15) is 0 Å². The van der Waals surface area contributed by atoms with Crippen LogP contribution in [0.15, 0.2) is 4.99 Å². The van der Waals surface area contributed by atoms with E-state index in [-0.39, 0.29) is 0 Å². The van der Waals surface area contributed by atoms with Crippen LogP contribution in [-0.4, -0.2) is 28.9 Å². The summed E-state index contributed by atoms with van der Waals surface area (Å²) in [5.74, 6) is 3.19. The van der Waals surface area contributed by atoms with Gasteiger partial charge in [-0.3, -0.25) is 4.99 Å². The summed E-state index contributed by atoms with van der Waals surface area (Å²) in [6.07, 6.45) is 8.21. The zero-order valence-corrected chi connectivity index (χ0v) is 13.5. The fourth-order valence-electron chi connectivity index (χ4n) is 4.18. The van der Waals surface area contributed by atoms with Crippen molar-refractivity contribution in [1.82, 2.24) is 4.90 Å². The second kappa shape index (κ2) is 6.28. The third-order valence-corrected chi connectivity index (χ3v) is 4.95. The quantitative estimate of drug-likeness (QED) is 0.717. The summed E-state index contributed by atoms with van der Waals surface area (Å²) in [5, 5.41) is 0. The van der Waals surface area contributed by atoms with Crippen LogP contribution in [-0.2, 0) is 0 Å². The molecule has 2 aliphatic rings. The van der Waals surface area contributed by atoms with Crippen LogP contribution in [0.1, 0.15) is 73.1 Å². The van der Waals surface area contributed by atoms with Crippen LogP contribution in [0.3, 0.4) is 0 Å². The number of rotatable bonds is 2. The molecule has 2 rings (SSSR count). The minimum absolute atomic E-state index is 0.427. The van der Waals surface area contributed by atoms with Gasteiger partial charge in [0.1, 0.15) is 0 Å². The van der Waals surface area contributed by atoms with E-state index in [2.05, 4.69) is 39.5 Å². The lowest BCUT2D eigenvalue weighted by Crippen LogP contribution is -2.53. The Morgan fingerprint density at radius 3 is 2.37 bits per heavy atom. The van der Waals surface area contributed by atoms with Crippen molar-refractivity contribution in [2.45, 2.75) is 91.3 Å². The summed E-state index contributed by atoms with van der Waals surface area (Å²) in [5.41, 5.74) is 0. The molecule has 2 fully saturated rings. The largest absolute Gasteiger partial charge is 0.355 e. The summed E-state index contributed by atoms with van der Waals surface area (Å²) >= 11 is 0. The normalized spacial score (nSPS) is 34.8. The lowest BCUT2D eigenvalue weighted by atomic mass is 9.78. The molecule has 0 radical (unpaired) electrons. The van der Waals surface area contributed by atoms with Gasteiger partial charge in [-0.1, -0.05) is 26.2 Å². The maximum atomic E-state index is 4.93. The Hall–Kier alpha value is -0.530. The van der Waals surface area contributed by atoms with Crippen molar-refractivity contribution < 1.29 is 0 Å². The first kappa shape index (κ1) is 14.9. The average Bonchev–Trinajstić information content (AvgIpc) is 2.50. The van der Waals surface area contributed by atoms with E-state index in [1.54, 1.807) is 0 Å². The number of piperidine rings is 1. The molecule has 1 aliphatic heterocycles. The topological polar surface area (TPSA) is 15.6 Å². The van der Waals surface area contributed by atoms with Crippen LogP contribution in [0.2, 0.25) is 0 Å². The molecule has 0 bridgehead atoms. The van der Waals surface area contributed by atoms with Gasteiger partial charge >= 0.3 is 0 Å². The SMILES string of the molecule is CC(C)N=C1CCC2C(C)CCCCC2N1C(C)C. The highest BCUT2D eigenvalue weighted by molar-refractivity contribution is 5.84. The molecule has 0 aromatic heterocycles. The van der Waals surface area contributed by atoms with Gasteiger partial charge in [0.05, 0.1) is 5.84 Å². The van der Waals surface area contributed by atoms with Crippen LogP contribution in [0, 0.1) is 11.8 Å². The van der Waals surface area contributed by atoms with E-state index in [1.807, 2.05) is 0 Å². The Kier molecular flexibility index (Phi) is 4.92. The minimum atomic E-state index is 0.427. The van der Waals surface area contributed by atoms with E-state index < -0.39 is 0 Å². The number of fused-ring (bicyclic) bond motifs is 1. The number of likely N-dealkylation sites (tertiary alicyclic amines) is 1. The van der Waals surface area contributed by atoms with Crippen molar-refractivity contribution in [3.8, 4) is 0 Å². The van der Waals surface area contributed by atoms with Crippen molar-refractivity contribution in [2.24, 2.45) is 16.8 Å². The monoisotopic (exact) mass is 264 g/mol. The van der Waals surface area contributed by atoms with E-state index in [4.69, 9.17) is 4.99 Å². The molecule has 110 valence electrons. The van der Waals surface area contributed by atoms with Crippen LogP contribution in [0.5, 0.6) is 0 Å². The van der Waals surface area contributed by atoms with Crippen molar-refractivity contribution in [2.75, 3.05) is 0 Å². The Morgan fingerprint density at radius 2 is 1.74 bits per heavy atom. The Morgan fingerprint density at radius 1 is 1.05 bits per heavy atom. The number of amidine groups is 1. The van der Waals surface area contributed by atoms with Gasteiger partial charge in [0.15, 0.2) is 0 Å². The van der Waals surface area contributed by atoms with Gasteiger partial charge < -0.3 is 4.90 Å². The molecule has 2 heteroatoms. The van der Waals surface area contributed by atoms with Crippen LogP contribution < -0.4 is 0 Å². The molecule has 2 nitrogen and oxygen atoms in total. The molecule has 1 saturated carbocycles. The van der Waals surface area contributed by atoms with Crippen LogP contribution in [0.25, 0.3) is 0 Å². The summed E-state index contributed by atoms with van der Waals surface area (Å²) in [7, 11) is 0. The van der Waals surface area contributed by atoms with Crippen molar-refractivity contribution >= 4 is 5.84 Å². The number of nitrogens with zero attached hydrogens (tertiary/aromatic N) is 2. The second-order valence-electron chi connectivity index (χ2n) is 7.17. The summed E-state index contributed by atoms with van der Waals surface area (Å²) in [4.78, 5) is 7.60. The van der Waals surface area contributed by atoms with Gasteiger partial charge in [-0.25, -0.2) is 0 Å². The minimum Gasteiger partial charge on any atom is -0.355 e. The van der Waals surface area contributed by atoms with Gasteiger partial charge in [0.25, 0.3) is 0 Å². The van der Waals surface area contributed by atoms with Crippen LogP contribution >= 0.6 is 0 Å². The molecule has 3 unspecified atom stereocenters. The summed E-state index contributed by atoms with van der Waals surface area (Å²) in [6, 6.07) is 1.77. The highest BCUT2D eigenvalue weighted by atomic mass is 15.2. The molecule has 19 heavy (non-hydrogen) atoms. The van der Waals surface area contributed by atoms with Gasteiger partial charge in [-0.15, -0.1) is 0 Å². The van der Waals surface area contributed by atoms with E-state index in [0.717, 1.165) is 17.9 Å². The molecule has 1 aliphatic carbocycles. The molecule has 3 atom stereocenters. The van der Waals surface area contributed by atoms with E-state index in [9.17, 15) is 0 Å². The molecule has 0 aromatic carbocycles. The maximum absolute atomic E-state index is 4.93. The fraction of sp³-hybridized carbons (Fsp3) is 0.941. The molecule has 0 N–H and O–H groups in total. The van der Waals surface area contributed by atoms with Gasteiger partial charge in [-0.05, 0) is 52.4 Å². The number of aliphatic imine (C=N–C) groups is 1. The Bertz CT molecular complexity index is 319. The predicted octanol–water partition coefficient (Wildman–Crippen LogP) is 4.49. The molecular formula is C17H32N2. The van der Waals surface area contributed by atoms with E-state index in [1.165, 1.54) is 44.4 Å². The first-order valence-corrected chi connectivity index (χ1v) is 8.35. The van der Waals surface area contributed by atoms with Crippen LogP contribution in [0.4, 0.5) is 0 Å². The first-order chi connectivity index (χ1) is 9.00. The standard InChI is InChI=1S/C17H32N2/c1-12(2)18-17-11-10-15-14(5)8-6-7-9-16(15)19(17)13(3)4/h12-16H,6-11H2,1-5H3. The predicted molar refractivity (Wildman–Crippen MR) is 83.7 cm³/mol. The average molecular weight is 264 g/mol. The molecule has 0 spiro atoms. The smallest absolute Gasteiger partial charge is 0.0997 e. The molecular weight excluding hydrogens is 232 g/mol. The number of hydrogen-bond donors (Lipinski definition) is 0. The molecule has 1 heterocycles. The lowest BCUT2D eigenvalue weighted by Gasteiger charge is -2.47. The Balaban J connectivity index is 2.26. The molecule has 1 saturated heterocycles. The lowest BCUT2D eigenvalue weighted by molar-refractivity contribution is 0.120. The van der Waals surface area contributed by atoms with Crippen molar-refractivity contribution in [1.29, 1.82) is 0 Å². The third kappa shape index (κ3) is 3.32. The van der Waals surface area contributed by atoms with Gasteiger partial charge in [0, 0.05) is 24.5 Å². The van der Waals surface area contributed by atoms with E-state index in [0.29, 0.717) is 12.1 Å². The highest BCUT2D eigenvalue weighted by Gasteiger charge is 2.39. The summed E-state index contributed by atoms with van der Waals surface area (Å²) < 4.78 is 0. The molecule has 0 amide bonds. The third-order valence-electron chi connectivity index (χ3n) is 4.95. The second-order valence-corrected chi connectivity index (χ2v) is 7.17. The summed E-state index contributed by atoms with van der Waals surface area (Å²) in [6.45, 7) is 11.6. The fourth-order valence-corrected chi connectivity index (χ4v) is 4.18.